The summed E-state index contributed by atoms with van der Waals surface area (Å²) < 4.78 is 19.1. The van der Waals surface area contributed by atoms with E-state index in [0.717, 1.165) is 0 Å². The van der Waals surface area contributed by atoms with Gasteiger partial charge in [-0.05, 0) is 87.2 Å². The molecule has 11 heteroatoms. The van der Waals surface area contributed by atoms with Crippen LogP contribution in [0.4, 0.5) is 0 Å². The number of nitrogens with zero attached hydrogens (tertiary/aromatic N) is 2. The third-order valence-electron chi connectivity index (χ3n) is 5.58. The van der Waals surface area contributed by atoms with Gasteiger partial charge >= 0.3 is 5.97 Å². The standard InChI is InChI=1S/C25H22Br2N2O6S/c1-5-35-24(32)20-12(2)28-25-29(21(20)14-6-7-17(33-3)18(11-14)34-4)23(31)19(36-25)10-13-8-15(26)22(30)16(27)9-13/h6-11,21,30H,5H2,1-4H3/b19-10-. The van der Waals surface area contributed by atoms with E-state index in [1.165, 1.54) is 30.1 Å². The number of esters is 1. The number of aromatic hydroxyl groups is 1. The zero-order valence-electron chi connectivity index (χ0n) is 19.8. The summed E-state index contributed by atoms with van der Waals surface area (Å²) in [6.45, 7) is 3.64. The number of phenols is 1. The highest BCUT2D eigenvalue weighted by Gasteiger charge is 2.34. The van der Waals surface area contributed by atoms with Crippen LogP contribution < -0.4 is 24.4 Å². The number of carbonyl (C=O) groups is 1. The zero-order valence-corrected chi connectivity index (χ0v) is 23.8. The number of methoxy groups -OCH3 is 2. The molecule has 8 nitrogen and oxygen atoms in total. The molecule has 0 amide bonds. The van der Waals surface area contributed by atoms with E-state index in [1.54, 1.807) is 50.3 Å². The summed E-state index contributed by atoms with van der Waals surface area (Å²) in [6.07, 6.45) is 1.72. The molecule has 4 rings (SSSR count). The second-order valence-corrected chi connectivity index (χ2v) is 10.5. The highest BCUT2D eigenvalue weighted by molar-refractivity contribution is 9.11. The Morgan fingerprint density at radius 2 is 1.83 bits per heavy atom. The van der Waals surface area contributed by atoms with E-state index in [4.69, 9.17) is 14.2 Å². The first-order valence-electron chi connectivity index (χ1n) is 10.8. The molecule has 2 aromatic carbocycles. The molecule has 0 bridgehead atoms. The Balaban J connectivity index is 1.98. The molecule has 0 fully saturated rings. The molecule has 1 unspecified atom stereocenters. The van der Waals surface area contributed by atoms with E-state index < -0.39 is 12.0 Å². The highest BCUT2D eigenvalue weighted by atomic mass is 79.9. The van der Waals surface area contributed by atoms with Gasteiger partial charge in [0.1, 0.15) is 5.75 Å². The Hall–Kier alpha value is -2.89. The Morgan fingerprint density at radius 3 is 2.44 bits per heavy atom. The van der Waals surface area contributed by atoms with Crippen molar-refractivity contribution in [3.63, 3.8) is 0 Å². The summed E-state index contributed by atoms with van der Waals surface area (Å²) in [5.41, 5.74) is 1.77. The van der Waals surface area contributed by atoms with Crippen LogP contribution in [-0.4, -0.2) is 36.5 Å². The average molecular weight is 638 g/mol. The van der Waals surface area contributed by atoms with Crippen molar-refractivity contribution < 1.29 is 24.1 Å². The van der Waals surface area contributed by atoms with Gasteiger partial charge in [-0.15, -0.1) is 0 Å². The van der Waals surface area contributed by atoms with Crippen molar-refractivity contribution in [3.05, 3.63) is 81.4 Å². The number of allylic oxidation sites excluding steroid dienone is 1. The predicted molar refractivity (Wildman–Crippen MR) is 143 cm³/mol. The minimum Gasteiger partial charge on any atom is -0.506 e. The van der Waals surface area contributed by atoms with Crippen molar-refractivity contribution in [1.29, 1.82) is 0 Å². The molecule has 1 aliphatic rings. The van der Waals surface area contributed by atoms with Crippen LogP contribution in [-0.2, 0) is 9.53 Å². The summed E-state index contributed by atoms with van der Waals surface area (Å²) in [5.74, 6) is 0.514. The normalized spacial score (nSPS) is 15.4. The Bertz CT molecular complexity index is 1550. The summed E-state index contributed by atoms with van der Waals surface area (Å²) in [4.78, 5) is 31.8. The molecule has 1 atom stereocenters. The number of rotatable bonds is 6. The van der Waals surface area contributed by atoms with Crippen molar-refractivity contribution in [2.75, 3.05) is 20.8 Å². The Morgan fingerprint density at radius 1 is 1.17 bits per heavy atom. The molecule has 36 heavy (non-hydrogen) atoms. The van der Waals surface area contributed by atoms with Gasteiger partial charge in [0, 0.05) is 0 Å². The van der Waals surface area contributed by atoms with Crippen LogP contribution >= 0.6 is 43.2 Å². The largest absolute Gasteiger partial charge is 0.506 e. The lowest BCUT2D eigenvalue weighted by Gasteiger charge is -2.25. The van der Waals surface area contributed by atoms with Crippen LogP contribution in [0.2, 0.25) is 0 Å². The van der Waals surface area contributed by atoms with Crippen LogP contribution in [0.15, 0.2) is 60.3 Å². The second kappa shape index (κ2) is 10.6. The van der Waals surface area contributed by atoms with E-state index >= 15 is 0 Å². The number of ether oxygens (including phenoxy) is 3. The van der Waals surface area contributed by atoms with Crippen molar-refractivity contribution in [2.45, 2.75) is 19.9 Å². The monoisotopic (exact) mass is 636 g/mol. The number of thiazole rings is 1. The molecule has 0 aliphatic carbocycles. The predicted octanol–water partition coefficient (Wildman–Crippen LogP) is 4.05. The molecule has 188 valence electrons. The minimum absolute atomic E-state index is 0.0665. The Kier molecular flexibility index (Phi) is 7.72. The van der Waals surface area contributed by atoms with Gasteiger partial charge in [-0.3, -0.25) is 9.36 Å². The van der Waals surface area contributed by atoms with Gasteiger partial charge in [0.2, 0.25) is 0 Å². The Labute approximate surface area is 227 Å². The molecule has 0 spiro atoms. The summed E-state index contributed by atoms with van der Waals surface area (Å²) in [6, 6.07) is 7.90. The molecule has 2 heterocycles. The first kappa shape index (κ1) is 26.2. The topological polar surface area (TPSA) is 99.4 Å². The highest BCUT2D eigenvalue weighted by Crippen LogP contribution is 2.36. The number of carbonyl (C=O) groups excluding carboxylic acids is 1. The number of hydrogen-bond acceptors (Lipinski definition) is 8. The van der Waals surface area contributed by atoms with E-state index in [1.807, 2.05) is 0 Å². The van der Waals surface area contributed by atoms with Gasteiger partial charge < -0.3 is 19.3 Å². The second-order valence-electron chi connectivity index (χ2n) is 7.75. The first-order chi connectivity index (χ1) is 17.2. The lowest BCUT2D eigenvalue weighted by molar-refractivity contribution is -0.139. The molecule has 0 radical (unpaired) electrons. The third kappa shape index (κ3) is 4.74. The maximum atomic E-state index is 13.7. The number of halogens is 2. The number of aromatic nitrogens is 1. The van der Waals surface area contributed by atoms with E-state index in [2.05, 4.69) is 36.9 Å². The lowest BCUT2D eigenvalue weighted by atomic mass is 9.95. The quantitative estimate of drug-likeness (QED) is 0.410. The van der Waals surface area contributed by atoms with E-state index in [-0.39, 0.29) is 23.5 Å². The molecule has 1 aliphatic heterocycles. The molecule has 3 aromatic rings. The van der Waals surface area contributed by atoms with E-state index in [0.29, 0.717) is 46.6 Å². The maximum Gasteiger partial charge on any atom is 0.338 e. The molecule has 0 saturated heterocycles. The van der Waals surface area contributed by atoms with Crippen LogP contribution in [0.5, 0.6) is 17.2 Å². The molecule has 1 N–H and O–H groups in total. The number of benzene rings is 2. The van der Waals surface area contributed by atoms with Crippen molar-refractivity contribution in [1.82, 2.24) is 4.57 Å². The van der Waals surface area contributed by atoms with Gasteiger partial charge in [-0.25, -0.2) is 9.79 Å². The van der Waals surface area contributed by atoms with Crippen LogP contribution in [0, 0.1) is 0 Å². The average Bonchev–Trinajstić information content (AvgIpc) is 3.15. The maximum absolute atomic E-state index is 13.7. The van der Waals surface area contributed by atoms with Crippen LogP contribution in [0.25, 0.3) is 6.08 Å². The number of fused-ring (bicyclic) bond motifs is 1. The van der Waals surface area contributed by atoms with Gasteiger partial charge in [0.05, 0.1) is 51.6 Å². The van der Waals surface area contributed by atoms with Gasteiger partial charge in [-0.1, -0.05) is 17.4 Å². The fraction of sp³-hybridized carbons (Fsp3) is 0.240. The first-order valence-corrected chi connectivity index (χ1v) is 13.2. The summed E-state index contributed by atoms with van der Waals surface area (Å²) >= 11 is 7.85. The molecule has 1 aromatic heterocycles. The summed E-state index contributed by atoms with van der Waals surface area (Å²) in [7, 11) is 3.06. The number of hydrogen-bond donors (Lipinski definition) is 1. The van der Waals surface area contributed by atoms with Crippen molar-refractivity contribution in [3.8, 4) is 17.2 Å². The van der Waals surface area contributed by atoms with Crippen molar-refractivity contribution in [2.24, 2.45) is 4.99 Å². The third-order valence-corrected chi connectivity index (χ3v) is 7.77. The summed E-state index contributed by atoms with van der Waals surface area (Å²) in [5, 5.41) is 10.0. The van der Waals surface area contributed by atoms with Crippen LogP contribution in [0.1, 0.15) is 31.0 Å². The zero-order chi connectivity index (χ0) is 26.1. The molecular formula is C25H22Br2N2O6S. The van der Waals surface area contributed by atoms with Crippen LogP contribution in [0.3, 0.4) is 0 Å². The smallest absolute Gasteiger partial charge is 0.338 e. The fourth-order valence-electron chi connectivity index (χ4n) is 3.95. The van der Waals surface area contributed by atoms with Gasteiger partial charge in [0.15, 0.2) is 16.3 Å². The molecule has 0 saturated carbocycles. The van der Waals surface area contributed by atoms with E-state index in [9.17, 15) is 14.7 Å². The van der Waals surface area contributed by atoms with Gasteiger partial charge in [0.25, 0.3) is 5.56 Å². The minimum atomic E-state index is -0.777. The van der Waals surface area contributed by atoms with Crippen molar-refractivity contribution >= 4 is 55.2 Å². The number of phenolic OH excluding ortho intramolecular Hbond substituents is 1. The lowest BCUT2D eigenvalue weighted by Crippen LogP contribution is -2.40. The molecular weight excluding hydrogens is 616 g/mol. The SMILES string of the molecule is CCOC(=O)C1=C(C)N=c2s/c(=C\c3cc(Br)c(O)c(Br)c3)c(=O)n2C1c1ccc(OC)c(OC)c1. The fourth-order valence-corrected chi connectivity index (χ4v) is 6.22. The van der Waals surface area contributed by atoms with Gasteiger partial charge in [-0.2, -0.15) is 0 Å².